The number of rotatable bonds is 12. The molecule has 0 aliphatic rings. The van der Waals surface area contributed by atoms with Crippen LogP contribution in [0.4, 0.5) is 0 Å². The lowest BCUT2D eigenvalue weighted by molar-refractivity contribution is 0.301. The highest BCUT2D eigenvalue weighted by Gasteiger charge is 2.14. The van der Waals surface area contributed by atoms with Crippen LogP contribution >= 0.6 is 31.9 Å². The third-order valence-corrected chi connectivity index (χ3v) is 11.2. The zero-order valence-electron chi connectivity index (χ0n) is 32.0. The molecule has 0 saturated carbocycles. The lowest BCUT2D eigenvalue weighted by atomic mass is 10.0. The maximum atomic E-state index is 6.26. The summed E-state index contributed by atoms with van der Waals surface area (Å²) in [6, 6.07) is 51.8. The SMILES string of the molecule is Brc1cc(COc2ccc(-c3cc(-c4ccccn4)nc(-c4ccccn4)c3)cc2)c(Br)cc1COc1ccc(-c2cc(-c3ccccn3)nc(-c3ccccn3)c2)cc1. The van der Waals surface area contributed by atoms with E-state index in [1.807, 2.05) is 97.1 Å². The zero-order chi connectivity index (χ0) is 40.7. The molecule has 8 nitrogen and oxygen atoms in total. The van der Waals surface area contributed by atoms with Crippen LogP contribution in [0.1, 0.15) is 11.1 Å². The van der Waals surface area contributed by atoms with Gasteiger partial charge in [0.1, 0.15) is 24.7 Å². The number of aromatic nitrogens is 6. The van der Waals surface area contributed by atoms with E-state index in [1.54, 1.807) is 24.8 Å². The molecule has 0 N–H and O–H groups in total. The third-order valence-electron chi connectivity index (χ3n) is 9.74. The summed E-state index contributed by atoms with van der Waals surface area (Å²) in [6.45, 7) is 0.756. The minimum atomic E-state index is 0.378. The number of benzene rings is 3. The molecular weight excluding hydrogens is 876 g/mol. The van der Waals surface area contributed by atoms with Gasteiger partial charge in [0.2, 0.25) is 0 Å². The molecule has 9 rings (SSSR count). The maximum Gasteiger partial charge on any atom is 0.119 e. The minimum Gasteiger partial charge on any atom is -0.489 e. The molecule has 6 aromatic heterocycles. The Bertz CT molecular complexity index is 2550. The highest BCUT2D eigenvalue weighted by Crippen LogP contribution is 2.33. The molecule has 0 spiro atoms. The Morgan fingerprint density at radius 3 is 0.933 bits per heavy atom. The van der Waals surface area contributed by atoms with Crippen LogP contribution in [0.15, 0.2) is 191 Å². The van der Waals surface area contributed by atoms with E-state index in [9.17, 15) is 0 Å². The van der Waals surface area contributed by atoms with E-state index in [2.05, 4.69) is 112 Å². The molecule has 6 heterocycles. The predicted octanol–water partition coefficient (Wildman–Crippen LogP) is 12.7. The van der Waals surface area contributed by atoms with Crippen molar-refractivity contribution in [2.45, 2.75) is 13.2 Å². The predicted molar refractivity (Wildman–Crippen MR) is 243 cm³/mol. The van der Waals surface area contributed by atoms with E-state index in [1.165, 1.54) is 0 Å². The quantitative estimate of drug-likeness (QED) is 0.120. The van der Waals surface area contributed by atoms with Crippen LogP contribution in [-0.2, 0) is 13.2 Å². The van der Waals surface area contributed by atoms with Gasteiger partial charge < -0.3 is 9.47 Å². The largest absolute Gasteiger partial charge is 0.489 e. The Morgan fingerprint density at radius 1 is 0.333 bits per heavy atom. The topological polar surface area (TPSA) is 95.8 Å². The lowest BCUT2D eigenvalue weighted by Crippen LogP contribution is -2.01. The molecule has 290 valence electrons. The highest BCUT2D eigenvalue weighted by atomic mass is 79.9. The molecule has 60 heavy (non-hydrogen) atoms. The monoisotopic (exact) mass is 908 g/mol. The average Bonchev–Trinajstić information content (AvgIpc) is 3.32. The molecule has 3 aromatic carbocycles. The summed E-state index contributed by atoms with van der Waals surface area (Å²) < 4.78 is 14.4. The van der Waals surface area contributed by atoms with Gasteiger partial charge in [0.15, 0.2) is 0 Å². The Kier molecular flexibility index (Phi) is 11.6. The van der Waals surface area contributed by atoms with Crippen molar-refractivity contribution in [2.24, 2.45) is 0 Å². The van der Waals surface area contributed by atoms with Crippen molar-refractivity contribution in [3.63, 3.8) is 0 Å². The van der Waals surface area contributed by atoms with Gasteiger partial charge >= 0.3 is 0 Å². The number of hydrogen-bond acceptors (Lipinski definition) is 8. The fourth-order valence-corrected chi connectivity index (χ4v) is 7.65. The number of ether oxygens (including phenoxy) is 2. The van der Waals surface area contributed by atoms with Gasteiger partial charge in [-0.2, -0.15) is 0 Å². The van der Waals surface area contributed by atoms with Crippen molar-refractivity contribution >= 4 is 31.9 Å². The van der Waals surface area contributed by atoms with Gasteiger partial charge in [-0.1, -0.05) is 80.4 Å². The van der Waals surface area contributed by atoms with Crippen LogP contribution in [-0.4, -0.2) is 29.9 Å². The summed E-state index contributed by atoms with van der Waals surface area (Å²) in [6.07, 6.45) is 7.10. The molecule has 0 amide bonds. The minimum absolute atomic E-state index is 0.378. The first-order valence-electron chi connectivity index (χ1n) is 19.2. The van der Waals surface area contributed by atoms with Gasteiger partial charge in [-0.05, 0) is 131 Å². The molecule has 0 aliphatic heterocycles. The molecule has 0 radical (unpaired) electrons. The van der Waals surface area contributed by atoms with Gasteiger partial charge in [-0.3, -0.25) is 19.9 Å². The second-order valence-corrected chi connectivity index (χ2v) is 15.5. The van der Waals surface area contributed by atoms with E-state index in [0.29, 0.717) is 13.2 Å². The number of halogens is 2. The molecular formula is C50H34Br2N6O2. The molecule has 0 atom stereocenters. The smallest absolute Gasteiger partial charge is 0.119 e. The highest BCUT2D eigenvalue weighted by molar-refractivity contribution is 9.11. The first-order valence-corrected chi connectivity index (χ1v) is 20.7. The van der Waals surface area contributed by atoms with E-state index in [4.69, 9.17) is 19.4 Å². The third kappa shape index (κ3) is 9.05. The molecule has 10 heteroatoms. The standard InChI is InChI=1S/C50H34Br2N6O2/c51-41-26-38(32-60-40-19-15-34(16-20-40)36-29-49(45-11-3-7-23-55-45)58-50(30-36)46-12-4-8-24-56-46)42(52)25-37(41)31-59-39-17-13-33(14-18-39)35-27-47(43-9-1-5-21-53-43)57-48(28-35)44-10-2-6-22-54-44/h1-30H,31-32H2. The van der Waals surface area contributed by atoms with Gasteiger partial charge in [0, 0.05) is 44.9 Å². The van der Waals surface area contributed by atoms with Crippen molar-refractivity contribution in [2.75, 3.05) is 0 Å². The van der Waals surface area contributed by atoms with Crippen molar-refractivity contribution in [1.29, 1.82) is 0 Å². The van der Waals surface area contributed by atoms with Crippen LogP contribution < -0.4 is 9.47 Å². The summed E-state index contributed by atoms with van der Waals surface area (Å²) >= 11 is 7.54. The van der Waals surface area contributed by atoms with Gasteiger partial charge in [0.25, 0.3) is 0 Å². The average molecular weight is 911 g/mol. The summed E-state index contributed by atoms with van der Waals surface area (Å²) in [7, 11) is 0. The van der Waals surface area contributed by atoms with Crippen LogP contribution in [0.2, 0.25) is 0 Å². The Labute approximate surface area is 364 Å². The van der Waals surface area contributed by atoms with Crippen molar-refractivity contribution in [3.05, 3.63) is 203 Å². The summed E-state index contributed by atoms with van der Waals surface area (Å²) in [5, 5.41) is 0. The van der Waals surface area contributed by atoms with Crippen molar-refractivity contribution < 1.29 is 9.47 Å². The Hall–Kier alpha value is -6.88. The van der Waals surface area contributed by atoms with Crippen LogP contribution in [0.5, 0.6) is 11.5 Å². The number of nitrogens with zero attached hydrogens (tertiary/aromatic N) is 6. The number of pyridine rings is 6. The van der Waals surface area contributed by atoms with Crippen molar-refractivity contribution in [3.8, 4) is 79.3 Å². The maximum absolute atomic E-state index is 6.26. The summed E-state index contributed by atoms with van der Waals surface area (Å²) in [5.74, 6) is 1.52. The van der Waals surface area contributed by atoms with Crippen molar-refractivity contribution in [1.82, 2.24) is 29.9 Å². The molecule has 0 saturated heterocycles. The zero-order valence-corrected chi connectivity index (χ0v) is 35.2. The second kappa shape index (κ2) is 17.9. The Morgan fingerprint density at radius 2 is 0.650 bits per heavy atom. The first kappa shape index (κ1) is 38.6. The van der Waals surface area contributed by atoms with Crippen LogP contribution in [0, 0.1) is 0 Å². The second-order valence-electron chi connectivity index (χ2n) is 13.8. The normalized spacial score (nSPS) is 11.0. The summed E-state index contributed by atoms with van der Waals surface area (Å²) in [4.78, 5) is 27.9. The molecule has 9 aromatic rings. The summed E-state index contributed by atoms with van der Waals surface area (Å²) in [5.41, 5.74) is 12.4. The fourth-order valence-electron chi connectivity index (χ4n) is 6.64. The fraction of sp³-hybridized carbons (Fsp3) is 0.0400. The van der Waals surface area contributed by atoms with E-state index in [-0.39, 0.29) is 0 Å². The van der Waals surface area contributed by atoms with Gasteiger partial charge in [-0.25, -0.2) is 9.97 Å². The molecule has 0 unspecified atom stereocenters. The van der Waals surface area contributed by atoms with Gasteiger partial charge in [-0.15, -0.1) is 0 Å². The van der Waals surface area contributed by atoms with Crippen LogP contribution in [0.3, 0.4) is 0 Å². The molecule has 0 bridgehead atoms. The van der Waals surface area contributed by atoms with E-state index < -0.39 is 0 Å². The number of hydrogen-bond donors (Lipinski definition) is 0. The first-order chi connectivity index (χ1) is 29.5. The van der Waals surface area contributed by atoms with Gasteiger partial charge in [0.05, 0.1) is 45.6 Å². The van der Waals surface area contributed by atoms with E-state index >= 15 is 0 Å². The van der Waals surface area contributed by atoms with E-state index in [0.717, 1.165) is 99.4 Å². The Balaban J connectivity index is 0.861. The molecule has 0 fully saturated rings. The van der Waals surface area contributed by atoms with Crippen LogP contribution in [0.25, 0.3) is 67.8 Å². The lowest BCUT2D eigenvalue weighted by Gasteiger charge is -2.14. The molecule has 0 aliphatic carbocycles.